The van der Waals surface area contributed by atoms with E-state index >= 15 is 0 Å². The quantitative estimate of drug-likeness (QED) is 0.839. The monoisotopic (exact) mass is 282 g/mol. The highest BCUT2D eigenvalue weighted by Crippen LogP contribution is 2.14. The van der Waals surface area contributed by atoms with Crippen LogP contribution in [-0.4, -0.2) is 22.2 Å². The molecule has 2 rings (SSSR count). The van der Waals surface area contributed by atoms with Crippen LogP contribution < -0.4 is 11.1 Å². The molecule has 0 unspecified atom stereocenters. The zero-order valence-corrected chi connectivity index (χ0v) is 12.2. The van der Waals surface area contributed by atoms with Gasteiger partial charge in [0.05, 0.1) is 17.8 Å². The van der Waals surface area contributed by atoms with Crippen LogP contribution in [0.2, 0.25) is 0 Å². The van der Waals surface area contributed by atoms with Crippen molar-refractivity contribution in [1.29, 1.82) is 0 Å². The second-order valence-electron chi connectivity index (χ2n) is 4.56. The summed E-state index contributed by atoms with van der Waals surface area (Å²) in [6, 6.07) is 7.37. The van der Waals surface area contributed by atoms with Crippen LogP contribution in [0.5, 0.6) is 0 Å². The molecule has 0 saturated carbocycles. The number of carbonyl (C=O) groups excluding carboxylic acids is 1. The standard InChI is InChI=1S/C16H18N4O/c1-3-15-14(11-20(2)19-15)16(21)18-13-8-4-6-12(10-13)7-5-9-17/h4,6,8,10-11H,3,9,17H2,1-2H3,(H,18,21). The van der Waals surface area contributed by atoms with Crippen molar-refractivity contribution < 1.29 is 4.79 Å². The molecule has 1 heterocycles. The molecule has 0 spiro atoms. The Hall–Kier alpha value is -2.58. The van der Waals surface area contributed by atoms with E-state index in [2.05, 4.69) is 22.3 Å². The number of amides is 1. The summed E-state index contributed by atoms with van der Waals surface area (Å²) < 4.78 is 1.65. The van der Waals surface area contributed by atoms with Gasteiger partial charge in [0, 0.05) is 24.5 Å². The van der Waals surface area contributed by atoms with E-state index in [1.807, 2.05) is 31.2 Å². The van der Waals surface area contributed by atoms with Crippen molar-refractivity contribution in [3.05, 3.63) is 47.3 Å². The fraction of sp³-hybridized carbons (Fsp3) is 0.250. The van der Waals surface area contributed by atoms with Gasteiger partial charge in [-0.3, -0.25) is 9.48 Å². The number of carbonyl (C=O) groups is 1. The van der Waals surface area contributed by atoms with Gasteiger partial charge in [0.1, 0.15) is 0 Å². The van der Waals surface area contributed by atoms with Crippen LogP contribution in [0.25, 0.3) is 0 Å². The van der Waals surface area contributed by atoms with E-state index in [-0.39, 0.29) is 5.91 Å². The first-order valence-electron chi connectivity index (χ1n) is 6.77. The second kappa shape index (κ2) is 6.73. The van der Waals surface area contributed by atoms with Crippen molar-refractivity contribution in [3.8, 4) is 11.8 Å². The fourth-order valence-corrected chi connectivity index (χ4v) is 2.01. The molecule has 0 bridgehead atoms. The Morgan fingerprint density at radius 1 is 1.48 bits per heavy atom. The Balaban J connectivity index is 2.19. The van der Waals surface area contributed by atoms with Gasteiger partial charge in [-0.15, -0.1) is 0 Å². The van der Waals surface area contributed by atoms with Crippen LogP contribution >= 0.6 is 0 Å². The molecule has 1 aromatic carbocycles. The summed E-state index contributed by atoms with van der Waals surface area (Å²) in [5, 5.41) is 7.14. The number of nitrogens with two attached hydrogens (primary N) is 1. The summed E-state index contributed by atoms with van der Waals surface area (Å²) in [5.41, 5.74) is 8.26. The van der Waals surface area contributed by atoms with E-state index in [0.29, 0.717) is 24.2 Å². The Labute approximate surface area is 124 Å². The highest BCUT2D eigenvalue weighted by molar-refractivity contribution is 6.05. The van der Waals surface area contributed by atoms with Crippen molar-refractivity contribution in [2.75, 3.05) is 11.9 Å². The zero-order valence-electron chi connectivity index (χ0n) is 12.2. The summed E-state index contributed by atoms with van der Waals surface area (Å²) in [5.74, 6) is 5.57. The Morgan fingerprint density at radius 3 is 3.00 bits per heavy atom. The fourth-order valence-electron chi connectivity index (χ4n) is 2.01. The molecule has 0 saturated heterocycles. The summed E-state index contributed by atoms with van der Waals surface area (Å²) in [6.07, 6.45) is 2.44. The number of nitrogens with one attached hydrogen (secondary N) is 1. The molecule has 0 aliphatic rings. The Kier molecular flexibility index (Phi) is 4.75. The molecule has 3 N–H and O–H groups in total. The smallest absolute Gasteiger partial charge is 0.259 e. The van der Waals surface area contributed by atoms with E-state index in [4.69, 9.17) is 5.73 Å². The molecule has 5 heteroatoms. The third kappa shape index (κ3) is 3.71. The maximum atomic E-state index is 12.3. The molecule has 0 radical (unpaired) electrons. The van der Waals surface area contributed by atoms with Gasteiger partial charge in [-0.05, 0) is 24.6 Å². The van der Waals surface area contributed by atoms with Gasteiger partial charge in [-0.2, -0.15) is 5.10 Å². The van der Waals surface area contributed by atoms with Gasteiger partial charge in [0.2, 0.25) is 0 Å². The van der Waals surface area contributed by atoms with Crippen LogP contribution in [0, 0.1) is 11.8 Å². The van der Waals surface area contributed by atoms with E-state index in [1.165, 1.54) is 0 Å². The number of rotatable bonds is 3. The maximum Gasteiger partial charge on any atom is 0.259 e. The topological polar surface area (TPSA) is 72.9 Å². The minimum atomic E-state index is -0.163. The number of anilines is 1. The number of hydrogen-bond donors (Lipinski definition) is 2. The molecule has 5 nitrogen and oxygen atoms in total. The van der Waals surface area contributed by atoms with E-state index in [1.54, 1.807) is 17.9 Å². The maximum absolute atomic E-state index is 12.3. The first-order valence-corrected chi connectivity index (χ1v) is 6.77. The highest BCUT2D eigenvalue weighted by atomic mass is 16.1. The van der Waals surface area contributed by atoms with Crippen molar-refractivity contribution in [3.63, 3.8) is 0 Å². The largest absolute Gasteiger partial charge is 0.322 e. The molecule has 2 aromatic rings. The van der Waals surface area contributed by atoms with Crippen molar-refractivity contribution >= 4 is 11.6 Å². The second-order valence-corrected chi connectivity index (χ2v) is 4.56. The molecule has 108 valence electrons. The van der Waals surface area contributed by atoms with E-state index in [0.717, 1.165) is 11.3 Å². The van der Waals surface area contributed by atoms with Crippen LogP contribution in [0.15, 0.2) is 30.5 Å². The van der Waals surface area contributed by atoms with Gasteiger partial charge < -0.3 is 11.1 Å². The molecule has 0 aliphatic carbocycles. The molecule has 1 aromatic heterocycles. The Bertz CT molecular complexity index is 707. The zero-order chi connectivity index (χ0) is 15.2. The van der Waals surface area contributed by atoms with E-state index in [9.17, 15) is 4.79 Å². The number of aryl methyl sites for hydroxylation is 2. The lowest BCUT2D eigenvalue weighted by Gasteiger charge is -2.05. The summed E-state index contributed by atoms with van der Waals surface area (Å²) in [7, 11) is 1.80. The Morgan fingerprint density at radius 2 is 2.29 bits per heavy atom. The van der Waals surface area contributed by atoms with Crippen LogP contribution in [0.4, 0.5) is 5.69 Å². The molecule has 0 aliphatic heterocycles. The summed E-state index contributed by atoms with van der Waals surface area (Å²) in [4.78, 5) is 12.3. The minimum Gasteiger partial charge on any atom is -0.322 e. The number of benzene rings is 1. The molecule has 0 fully saturated rings. The van der Waals surface area contributed by atoms with Crippen molar-refractivity contribution in [2.45, 2.75) is 13.3 Å². The van der Waals surface area contributed by atoms with Gasteiger partial charge in [0.25, 0.3) is 5.91 Å². The molecule has 0 atom stereocenters. The van der Waals surface area contributed by atoms with Gasteiger partial charge >= 0.3 is 0 Å². The molecular formula is C16H18N4O. The van der Waals surface area contributed by atoms with Gasteiger partial charge in [0.15, 0.2) is 0 Å². The van der Waals surface area contributed by atoms with Gasteiger partial charge in [-0.1, -0.05) is 24.8 Å². The van der Waals surface area contributed by atoms with Crippen molar-refractivity contribution in [2.24, 2.45) is 12.8 Å². The first kappa shape index (κ1) is 14.8. The number of nitrogens with zero attached hydrogens (tertiary/aromatic N) is 2. The molecule has 1 amide bonds. The summed E-state index contributed by atoms with van der Waals surface area (Å²) >= 11 is 0. The number of aromatic nitrogens is 2. The van der Waals surface area contributed by atoms with Gasteiger partial charge in [-0.25, -0.2) is 0 Å². The number of hydrogen-bond acceptors (Lipinski definition) is 3. The predicted molar refractivity (Wildman–Crippen MR) is 82.9 cm³/mol. The minimum absolute atomic E-state index is 0.163. The van der Waals surface area contributed by atoms with Crippen LogP contribution in [0.1, 0.15) is 28.5 Å². The average Bonchev–Trinajstić information content (AvgIpc) is 2.87. The van der Waals surface area contributed by atoms with Crippen LogP contribution in [0.3, 0.4) is 0 Å². The third-order valence-corrected chi connectivity index (χ3v) is 2.94. The predicted octanol–water partition coefficient (Wildman–Crippen LogP) is 1.55. The van der Waals surface area contributed by atoms with Crippen LogP contribution in [-0.2, 0) is 13.5 Å². The SMILES string of the molecule is CCc1nn(C)cc1C(=O)Nc1cccc(C#CCN)c1. The lowest BCUT2D eigenvalue weighted by Crippen LogP contribution is -2.13. The lowest BCUT2D eigenvalue weighted by molar-refractivity contribution is 0.102. The molecular weight excluding hydrogens is 264 g/mol. The van der Waals surface area contributed by atoms with E-state index < -0.39 is 0 Å². The first-order chi connectivity index (χ1) is 10.1. The van der Waals surface area contributed by atoms with Crippen molar-refractivity contribution in [1.82, 2.24) is 9.78 Å². The normalized spacial score (nSPS) is 9.86. The highest BCUT2D eigenvalue weighted by Gasteiger charge is 2.14. The average molecular weight is 282 g/mol. The summed E-state index contributed by atoms with van der Waals surface area (Å²) in [6.45, 7) is 2.29. The lowest BCUT2D eigenvalue weighted by atomic mass is 10.1. The third-order valence-electron chi connectivity index (χ3n) is 2.94. The molecule has 21 heavy (non-hydrogen) atoms.